The van der Waals surface area contributed by atoms with Crippen LogP contribution in [0.1, 0.15) is 22.8 Å². The standard InChI is InChI=1S/C13H17NOS/c1-2-10-4-3-5-11(8-10)13(15)12-9-16-7-6-14-12/h3-5,8,12,14H,2,6-7,9H2,1H3. The fourth-order valence-electron chi connectivity index (χ4n) is 1.88. The monoisotopic (exact) mass is 235 g/mol. The van der Waals surface area contributed by atoms with Gasteiger partial charge in [0.15, 0.2) is 5.78 Å². The van der Waals surface area contributed by atoms with Crippen LogP contribution in [0.5, 0.6) is 0 Å². The topological polar surface area (TPSA) is 29.1 Å². The smallest absolute Gasteiger partial charge is 0.180 e. The normalized spacial score (nSPS) is 20.7. The fraction of sp³-hybridized carbons (Fsp3) is 0.462. The molecule has 1 aromatic carbocycles. The van der Waals surface area contributed by atoms with Gasteiger partial charge in [-0.2, -0.15) is 11.8 Å². The molecule has 16 heavy (non-hydrogen) atoms. The molecule has 86 valence electrons. The first-order chi connectivity index (χ1) is 7.81. The van der Waals surface area contributed by atoms with Gasteiger partial charge in [0, 0.05) is 23.6 Å². The zero-order valence-electron chi connectivity index (χ0n) is 9.53. The van der Waals surface area contributed by atoms with E-state index < -0.39 is 0 Å². The molecule has 1 aliphatic heterocycles. The van der Waals surface area contributed by atoms with Gasteiger partial charge < -0.3 is 5.32 Å². The van der Waals surface area contributed by atoms with Crippen LogP contribution in [0.4, 0.5) is 0 Å². The first-order valence-electron chi connectivity index (χ1n) is 5.75. The van der Waals surface area contributed by atoms with Crippen LogP contribution in [-0.4, -0.2) is 29.9 Å². The molecule has 1 heterocycles. The fourth-order valence-corrected chi connectivity index (χ4v) is 2.81. The van der Waals surface area contributed by atoms with E-state index in [1.807, 2.05) is 30.0 Å². The second-order valence-electron chi connectivity index (χ2n) is 4.00. The maximum atomic E-state index is 12.2. The highest BCUT2D eigenvalue weighted by Gasteiger charge is 2.21. The maximum absolute atomic E-state index is 12.2. The van der Waals surface area contributed by atoms with Crippen molar-refractivity contribution in [3.05, 3.63) is 35.4 Å². The minimum atomic E-state index is 0.00542. The number of carbonyl (C=O) groups excluding carboxylic acids is 1. The second kappa shape index (κ2) is 5.51. The molecule has 1 unspecified atom stereocenters. The molecule has 0 saturated carbocycles. The van der Waals surface area contributed by atoms with Gasteiger partial charge in [-0.15, -0.1) is 0 Å². The van der Waals surface area contributed by atoms with Crippen LogP contribution in [0.25, 0.3) is 0 Å². The molecule has 0 aromatic heterocycles. The third kappa shape index (κ3) is 2.66. The Morgan fingerprint density at radius 1 is 1.56 bits per heavy atom. The lowest BCUT2D eigenvalue weighted by Crippen LogP contribution is -2.43. The number of aryl methyl sites for hydroxylation is 1. The summed E-state index contributed by atoms with van der Waals surface area (Å²) in [6.45, 7) is 3.05. The molecule has 0 amide bonds. The summed E-state index contributed by atoms with van der Waals surface area (Å²) in [5.74, 6) is 2.25. The molecule has 0 aliphatic carbocycles. The van der Waals surface area contributed by atoms with Crippen LogP contribution in [-0.2, 0) is 6.42 Å². The largest absolute Gasteiger partial charge is 0.306 e. The molecule has 0 spiro atoms. The van der Waals surface area contributed by atoms with Crippen molar-refractivity contribution in [3.63, 3.8) is 0 Å². The van der Waals surface area contributed by atoms with Gasteiger partial charge in [0.1, 0.15) is 0 Å². The molecular formula is C13H17NOS. The third-order valence-electron chi connectivity index (χ3n) is 2.86. The highest BCUT2D eigenvalue weighted by atomic mass is 32.2. The van der Waals surface area contributed by atoms with E-state index in [1.54, 1.807) is 0 Å². The van der Waals surface area contributed by atoms with Gasteiger partial charge in [0.05, 0.1) is 6.04 Å². The zero-order chi connectivity index (χ0) is 11.4. The lowest BCUT2D eigenvalue weighted by atomic mass is 10.0. The van der Waals surface area contributed by atoms with Crippen LogP contribution in [0.3, 0.4) is 0 Å². The lowest BCUT2D eigenvalue weighted by molar-refractivity contribution is 0.0953. The number of rotatable bonds is 3. The summed E-state index contributed by atoms with van der Waals surface area (Å²) < 4.78 is 0. The molecular weight excluding hydrogens is 218 g/mol. The number of carbonyl (C=O) groups is 1. The van der Waals surface area contributed by atoms with Gasteiger partial charge in [0.25, 0.3) is 0 Å². The molecule has 1 saturated heterocycles. The molecule has 2 rings (SSSR count). The molecule has 0 bridgehead atoms. The first-order valence-corrected chi connectivity index (χ1v) is 6.91. The number of hydrogen-bond donors (Lipinski definition) is 1. The SMILES string of the molecule is CCc1cccc(C(=O)C2CSCCN2)c1. The molecule has 0 radical (unpaired) electrons. The number of nitrogens with one attached hydrogen (secondary N) is 1. The molecule has 1 N–H and O–H groups in total. The molecule has 1 aliphatic rings. The van der Waals surface area contributed by atoms with Crippen LogP contribution in [0, 0.1) is 0 Å². The van der Waals surface area contributed by atoms with Crippen LogP contribution < -0.4 is 5.32 Å². The highest BCUT2D eigenvalue weighted by molar-refractivity contribution is 7.99. The van der Waals surface area contributed by atoms with Crippen molar-refractivity contribution in [2.75, 3.05) is 18.1 Å². The Morgan fingerprint density at radius 3 is 3.12 bits per heavy atom. The van der Waals surface area contributed by atoms with Gasteiger partial charge in [-0.05, 0) is 18.1 Å². The van der Waals surface area contributed by atoms with Crippen molar-refractivity contribution >= 4 is 17.5 Å². The Balaban J connectivity index is 2.12. The van der Waals surface area contributed by atoms with E-state index in [2.05, 4.69) is 18.3 Å². The van der Waals surface area contributed by atoms with E-state index in [1.165, 1.54) is 5.56 Å². The van der Waals surface area contributed by atoms with Gasteiger partial charge >= 0.3 is 0 Å². The summed E-state index contributed by atoms with van der Waals surface area (Å²) >= 11 is 1.85. The quantitative estimate of drug-likeness (QED) is 0.814. The Kier molecular flexibility index (Phi) is 4.02. The molecule has 2 nitrogen and oxygen atoms in total. The van der Waals surface area contributed by atoms with Crippen molar-refractivity contribution in [1.29, 1.82) is 0 Å². The van der Waals surface area contributed by atoms with E-state index in [0.29, 0.717) is 0 Å². The predicted molar refractivity (Wildman–Crippen MR) is 69.3 cm³/mol. The number of ketones is 1. The van der Waals surface area contributed by atoms with E-state index in [9.17, 15) is 4.79 Å². The summed E-state index contributed by atoms with van der Waals surface area (Å²) in [5, 5.41) is 3.28. The van der Waals surface area contributed by atoms with Gasteiger partial charge in [-0.1, -0.05) is 25.1 Å². The third-order valence-corrected chi connectivity index (χ3v) is 3.92. The molecule has 1 fully saturated rings. The van der Waals surface area contributed by atoms with E-state index in [-0.39, 0.29) is 11.8 Å². The summed E-state index contributed by atoms with van der Waals surface area (Å²) in [4.78, 5) is 12.2. The molecule has 1 aromatic rings. The number of thioether (sulfide) groups is 1. The summed E-state index contributed by atoms with van der Waals surface area (Å²) in [7, 11) is 0. The second-order valence-corrected chi connectivity index (χ2v) is 5.15. The van der Waals surface area contributed by atoms with Crippen molar-refractivity contribution in [3.8, 4) is 0 Å². The van der Waals surface area contributed by atoms with Gasteiger partial charge in [0.2, 0.25) is 0 Å². The molecule has 1 atom stereocenters. The predicted octanol–water partition coefficient (Wildman–Crippen LogP) is 2.14. The van der Waals surface area contributed by atoms with E-state index in [0.717, 1.165) is 30.0 Å². The van der Waals surface area contributed by atoms with E-state index in [4.69, 9.17) is 0 Å². The maximum Gasteiger partial charge on any atom is 0.180 e. The van der Waals surface area contributed by atoms with Crippen LogP contribution in [0.2, 0.25) is 0 Å². The highest BCUT2D eigenvalue weighted by Crippen LogP contribution is 2.14. The van der Waals surface area contributed by atoms with Crippen molar-refractivity contribution in [1.82, 2.24) is 5.32 Å². The summed E-state index contributed by atoms with van der Waals surface area (Å²) in [6, 6.07) is 7.99. The van der Waals surface area contributed by atoms with Crippen LogP contribution >= 0.6 is 11.8 Å². The Bertz CT molecular complexity index is 372. The number of hydrogen-bond acceptors (Lipinski definition) is 3. The Labute approximate surface area is 101 Å². The van der Waals surface area contributed by atoms with Crippen LogP contribution in [0.15, 0.2) is 24.3 Å². The Morgan fingerprint density at radius 2 is 2.44 bits per heavy atom. The lowest BCUT2D eigenvalue weighted by Gasteiger charge is -2.22. The van der Waals surface area contributed by atoms with E-state index >= 15 is 0 Å². The average Bonchev–Trinajstić information content (AvgIpc) is 2.39. The number of Topliss-reactive ketones (excluding diaryl/α,β-unsaturated/α-hetero) is 1. The summed E-state index contributed by atoms with van der Waals surface area (Å²) in [6.07, 6.45) is 0.980. The van der Waals surface area contributed by atoms with Crippen molar-refractivity contribution < 1.29 is 4.79 Å². The molecule has 3 heteroatoms. The zero-order valence-corrected chi connectivity index (χ0v) is 10.3. The Hall–Kier alpha value is -0.800. The minimum Gasteiger partial charge on any atom is -0.306 e. The number of benzene rings is 1. The van der Waals surface area contributed by atoms with Gasteiger partial charge in [-0.3, -0.25) is 4.79 Å². The first kappa shape index (κ1) is 11.7. The van der Waals surface area contributed by atoms with Crippen molar-refractivity contribution in [2.24, 2.45) is 0 Å². The average molecular weight is 235 g/mol. The van der Waals surface area contributed by atoms with Gasteiger partial charge in [-0.25, -0.2) is 0 Å². The summed E-state index contributed by atoms with van der Waals surface area (Å²) in [5.41, 5.74) is 2.08. The minimum absolute atomic E-state index is 0.00542. The van der Waals surface area contributed by atoms with Crippen molar-refractivity contribution in [2.45, 2.75) is 19.4 Å².